The lowest BCUT2D eigenvalue weighted by Crippen LogP contribution is -2.50. The number of nitrogens with one attached hydrogen (secondary N) is 1. The molecule has 1 rings (SSSR count). The van der Waals surface area contributed by atoms with Crippen molar-refractivity contribution in [1.82, 2.24) is 5.32 Å². The van der Waals surface area contributed by atoms with E-state index in [0.717, 1.165) is 19.3 Å². The Balaban J connectivity index is 2.50. The number of rotatable bonds is 3. The van der Waals surface area contributed by atoms with E-state index in [1.165, 1.54) is 0 Å². The van der Waals surface area contributed by atoms with Crippen molar-refractivity contribution in [3.8, 4) is 0 Å². The minimum atomic E-state index is -1.10. The molecule has 0 spiro atoms. The van der Waals surface area contributed by atoms with Gasteiger partial charge in [-0.05, 0) is 45.4 Å². The first-order valence-corrected chi connectivity index (χ1v) is 6.01. The maximum atomic E-state index is 11.8. The second-order valence-corrected chi connectivity index (χ2v) is 5.01. The van der Waals surface area contributed by atoms with Crippen LogP contribution in [-0.2, 0) is 4.79 Å². The maximum Gasteiger partial charge on any atom is 0.252 e. The summed E-state index contributed by atoms with van der Waals surface area (Å²) in [6, 6.07) is 0.102. The number of hydrogen-bond acceptors (Lipinski definition) is 2. The molecule has 1 fully saturated rings. The summed E-state index contributed by atoms with van der Waals surface area (Å²) in [5.74, 6) is 0.504. The zero-order valence-electron chi connectivity index (χ0n) is 10.0. The molecule has 0 aromatic heterocycles. The van der Waals surface area contributed by atoms with Crippen molar-refractivity contribution in [1.29, 1.82) is 0 Å². The number of amides is 1. The van der Waals surface area contributed by atoms with Crippen molar-refractivity contribution < 1.29 is 9.90 Å². The second kappa shape index (κ2) is 4.97. The lowest BCUT2D eigenvalue weighted by atomic mass is 9.77. The summed E-state index contributed by atoms with van der Waals surface area (Å²) < 4.78 is 0. The SMILES string of the molecule is CCC1CCC(O)(C(=O)NC(C)C)CC1. The summed E-state index contributed by atoms with van der Waals surface area (Å²) in [4.78, 5) is 11.8. The predicted molar refractivity (Wildman–Crippen MR) is 60.5 cm³/mol. The highest BCUT2D eigenvalue weighted by Crippen LogP contribution is 2.33. The van der Waals surface area contributed by atoms with E-state index in [1.807, 2.05) is 13.8 Å². The summed E-state index contributed by atoms with van der Waals surface area (Å²) in [6.45, 7) is 6.00. The smallest absolute Gasteiger partial charge is 0.252 e. The van der Waals surface area contributed by atoms with Gasteiger partial charge in [0, 0.05) is 6.04 Å². The van der Waals surface area contributed by atoms with Crippen molar-refractivity contribution in [2.24, 2.45) is 5.92 Å². The second-order valence-electron chi connectivity index (χ2n) is 5.01. The summed E-state index contributed by atoms with van der Waals surface area (Å²) in [6.07, 6.45) is 4.33. The zero-order chi connectivity index (χ0) is 11.5. The Morgan fingerprint density at radius 1 is 1.47 bits per heavy atom. The third-order valence-corrected chi connectivity index (χ3v) is 3.35. The highest BCUT2D eigenvalue weighted by Gasteiger charge is 2.39. The van der Waals surface area contributed by atoms with E-state index in [9.17, 15) is 9.90 Å². The molecule has 15 heavy (non-hydrogen) atoms. The first-order valence-electron chi connectivity index (χ1n) is 6.01. The van der Waals surface area contributed by atoms with E-state index in [0.29, 0.717) is 18.8 Å². The molecule has 0 heterocycles. The fourth-order valence-corrected chi connectivity index (χ4v) is 2.19. The largest absolute Gasteiger partial charge is 0.380 e. The van der Waals surface area contributed by atoms with Gasteiger partial charge in [0.15, 0.2) is 0 Å². The van der Waals surface area contributed by atoms with Gasteiger partial charge in [0.1, 0.15) is 5.60 Å². The Hall–Kier alpha value is -0.570. The molecule has 0 unspecified atom stereocenters. The molecular weight excluding hydrogens is 190 g/mol. The monoisotopic (exact) mass is 213 g/mol. The van der Waals surface area contributed by atoms with Crippen LogP contribution in [0.5, 0.6) is 0 Å². The van der Waals surface area contributed by atoms with E-state index in [-0.39, 0.29) is 11.9 Å². The number of carbonyl (C=O) groups excluding carboxylic acids is 1. The normalized spacial score (nSPS) is 31.7. The number of aliphatic hydroxyl groups is 1. The van der Waals surface area contributed by atoms with Gasteiger partial charge in [0.05, 0.1) is 0 Å². The van der Waals surface area contributed by atoms with Gasteiger partial charge in [-0.1, -0.05) is 13.3 Å². The Morgan fingerprint density at radius 3 is 2.40 bits per heavy atom. The molecule has 0 atom stereocenters. The average Bonchev–Trinajstić information content (AvgIpc) is 2.18. The van der Waals surface area contributed by atoms with Gasteiger partial charge >= 0.3 is 0 Å². The summed E-state index contributed by atoms with van der Waals surface area (Å²) in [7, 11) is 0. The molecule has 0 saturated heterocycles. The van der Waals surface area contributed by atoms with Gasteiger partial charge in [-0.2, -0.15) is 0 Å². The van der Waals surface area contributed by atoms with Gasteiger partial charge in [0.25, 0.3) is 5.91 Å². The molecular formula is C12H23NO2. The predicted octanol–water partition coefficient (Wildman–Crippen LogP) is 1.84. The van der Waals surface area contributed by atoms with Crippen LogP contribution in [-0.4, -0.2) is 22.7 Å². The van der Waals surface area contributed by atoms with Gasteiger partial charge in [0.2, 0.25) is 0 Å². The van der Waals surface area contributed by atoms with Gasteiger partial charge in [-0.15, -0.1) is 0 Å². The van der Waals surface area contributed by atoms with Crippen LogP contribution in [0.2, 0.25) is 0 Å². The van der Waals surface area contributed by atoms with E-state index in [2.05, 4.69) is 12.2 Å². The van der Waals surface area contributed by atoms with Crippen molar-refractivity contribution >= 4 is 5.91 Å². The molecule has 0 aromatic rings. The minimum Gasteiger partial charge on any atom is -0.380 e. The number of carbonyl (C=O) groups is 1. The lowest BCUT2D eigenvalue weighted by Gasteiger charge is -2.34. The third kappa shape index (κ3) is 3.20. The first-order chi connectivity index (χ1) is 6.98. The highest BCUT2D eigenvalue weighted by molar-refractivity contribution is 5.85. The molecule has 3 nitrogen and oxygen atoms in total. The zero-order valence-corrected chi connectivity index (χ0v) is 10.0. The quantitative estimate of drug-likeness (QED) is 0.751. The van der Waals surface area contributed by atoms with Crippen molar-refractivity contribution in [2.75, 3.05) is 0 Å². The molecule has 1 aliphatic carbocycles. The highest BCUT2D eigenvalue weighted by atomic mass is 16.3. The van der Waals surface area contributed by atoms with Crippen LogP contribution in [0.25, 0.3) is 0 Å². The fourth-order valence-electron chi connectivity index (χ4n) is 2.19. The molecule has 2 N–H and O–H groups in total. The summed E-state index contributed by atoms with van der Waals surface area (Å²) in [5, 5.41) is 13.0. The molecule has 1 saturated carbocycles. The van der Waals surface area contributed by atoms with Crippen LogP contribution in [0.1, 0.15) is 52.9 Å². The molecule has 0 aliphatic heterocycles. The molecule has 1 aliphatic rings. The van der Waals surface area contributed by atoms with Crippen molar-refractivity contribution in [3.05, 3.63) is 0 Å². The van der Waals surface area contributed by atoms with Crippen molar-refractivity contribution in [2.45, 2.75) is 64.5 Å². The van der Waals surface area contributed by atoms with E-state index < -0.39 is 5.60 Å². The maximum absolute atomic E-state index is 11.8. The van der Waals surface area contributed by atoms with Crippen LogP contribution >= 0.6 is 0 Å². The third-order valence-electron chi connectivity index (χ3n) is 3.35. The Kier molecular flexibility index (Phi) is 4.14. The van der Waals surface area contributed by atoms with Crippen LogP contribution in [0.3, 0.4) is 0 Å². The van der Waals surface area contributed by atoms with E-state index in [4.69, 9.17) is 0 Å². The van der Waals surface area contributed by atoms with E-state index in [1.54, 1.807) is 0 Å². The average molecular weight is 213 g/mol. The lowest BCUT2D eigenvalue weighted by molar-refractivity contribution is -0.144. The summed E-state index contributed by atoms with van der Waals surface area (Å²) in [5.41, 5.74) is -1.10. The molecule has 88 valence electrons. The van der Waals surface area contributed by atoms with Crippen LogP contribution in [0, 0.1) is 5.92 Å². The van der Waals surface area contributed by atoms with Gasteiger partial charge < -0.3 is 10.4 Å². The van der Waals surface area contributed by atoms with Gasteiger partial charge in [-0.3, -0.25) is 4.79 Å². The Labute approximate surface area is 92.3 Å². The molecule has 0 bridgehead atoms. The Morgan fingerprint density at radius 2 is 2.00 bits per heavy atom. The van der Waals surface area contributed by atoms with Crippen LogP contribution in [0.15, 0.2) is 0 Å². The molecule has 3 heteroatoms. The first kappa shape index (κ1) is 12.5. The van der Waals surface area contributed by atoms with Gasteiger partial charge in [-0.25, -0.2) is 0 Å². The molecule has 1 amide bonds. The minimum absolute atomic E-state index is 0.102. The molecule has 0 radical (unpaired) electrons. The Bertz CT molecular complexity index is 218. The topological polar surface area (TPSA) is 49.3 Å². The van der Waals surface area contributed by atoms with Crippen LogP contribution in [0.4, 0.5) is 0 Å². The number of hydrogen-bond donors (Lipinski definition) is 2. The van der Waals surface area contributed by atoms with Crippen LogP contribution < -0.4 is 5.32 Å². The standard InChI is InChI=1S/C12H23NO2/c1-4-10-5-7-12(15,8-6-10)11(14)13-9(2)3/h9-10,15H,4-8H2,1-3H3,(H,13,14). The van der Waals surface area contributed by atoms with E-state index >= 15 is 0 Å². The fraction of sp³-hybridized carbons (Fsp3) is 0.917. The summed E-state index contributed by atoms with van der Waals surface area (Å²) >= 11 is 0. The van der Waals surface area contributed by atoms with Crippen molar-refractivity contribution in [3.63, 3.8) is 0 Å². The molecule has 0 aromatic carbocycles.